The summed E-state index contributed by atoms with van der Waals surface area (Å²) in [6.45, 7) is 1.90. The number of amides is 3. The summed E-state index contributed by atoms with van der Waals surface area (Å²) in [5.41, 5.74) is 1.71. The van der Waals surface area contributed by atoms with E-state index >= 15 is 0 Å². The number of nitrogens with one attached hydrogen (secondary N) is 3. The van der Waals surface area contributed by atoms with Gasteiger partial charge >= 0.3 is 0 Å². The molecule has 11 heteroatoms. The molecule has 0 spiro atoms. The normalized spacial score (nSPS) is 11.7. The first-order valence-corrected chi connectivity index (χ1v) is 15.1. The van der Waals surface area contributed by atoms with Gasteiger partial charge in [0.05, 0.1) is 25.2 Å². The topological polar surface area (TPSA) is 126 Å². The van der Waals surface area contributed by atoms with E-state index in [1.165, 1.54) is 44.2 Å². The van der Waals surface area contributed by atoms with Gasteiger partial charge in [0.2, 0.25) is 5.91 Å². The zero-order chi connectivity index (χ0) is 32.3. The number of hydrogen-bond donors (Lipinski definition) is 4. The molecule has 9 nitrogen and oxygen atoms in total. The number of benzene rings is 4. The minimum Gasteiger partial charge on any atom is -0.508 e. The molecule has 0 radical (unpaired) electrons. The summed E-state index contributed by atoms with van der Waals surface area (Å²) in [5, 5.41) is 18.3. The van der Waals surface area contributed by atoms with Crippen molar-refractivity contribution >= 4 is 58.5 Å². The standard InChI is InChI=1S/C34H32ClN3O6S/c1-4-31(34(42)37-27-18-23(35)14-16-29(27)43-2)45-26-12-8-11-24(19-26)36-33(41)28(38-32(40)21-9-6-5-7-10-21)17-22-13-15-25(39)20-30(22)44-3/h5-20,31,39H,4H2,1-3H3,(H,36,41)(H,37,42)(H,38,40)/b28-17+. The maximum Gasteiger partial charge on any atom is 0.272 e. The average Bonchev–Trinajstić information content (AvgIpc) is 3.04. The van der Waals surface area contributed by atoms with E-state index in [9.17, 15) is 19.5 Å². The number of anilines is 2. The number of methoxy groups -OCH3 is 2. The average molecular weight is 646 g/mol. The number of hydrogen-bond acceptors (Lipinski definition) is 7. The van der Waals surface area contributed by atoms with Crippen LogP contribution in [0.3, 0.4) is 0 Å². The van der Waals surface area contributed by atoms with E-state index in [1.807, 2.05) is 13.0 Å². The fraction of sp³-hybridized carbons (Fsp3) is 0.147. The molecule has 0 aliphatic heterocycles. The van der Waals surface area contributed by atoms with Gasteiger partial charge in [0.15, 0.2) is 0 Å². The van der Waals surface area contributed by atoms with E-state index in [1.54, 1.807) is 72.8 Å². The van der Waals surface area contributed by atoms with Crippen LogP contribution in [0.2, 0.25) is 5.02 Å². The molecule has 1 unspecified atom stereocenters. The van der Waals surface area contributed by atoms with Gasteiger partial charge in [-0.05, 0) is 73.2 Å². The molecule has 0 bridgehead atoms. The molecule has 0 heterocycles. The van der Waals surface area contributed by atoms with Crippen molar-refractivity contribution in [3.05, 3.63) is 113 Å². The van der Waals surface area contributed by atoms with Crippen molar-refractivity contribution < 1.29 is 29.0 Å². The molecule has 0 aliphatic carbocycles. The Morgan fingerprint density at radius 2 is 1.64 bits per heavy atom. The lowest BCUT2D eigenvalue weighted by Gasteiger charge is -2.17. The van der Waals surface area contributed by atoms with Crippen LogP contribution in [0.5, 0.6) is 17.2 Å². The summed E-state index contributed by atoms with van der Waals surface area (Å²) in [6, 6.07) is 25.0. The number of aromatic hydroxyl groups is 1. The smallest absolute Gasteiger partial charge is 0.272 e. The molecule has 232 valence electrons. The fourth-order valence-corrected chi connectivity index (χ4v) is 5.43. The van der Waals surface area contributed by atoms with E-state index in [2.05, 4.69) is 16.0 Å². The molecule has 4 aromatic carbocycles. The number of phenolic OH excluding ortho intramolecular Hbond substituents is 1. The molecule has 4 rings (SSSR count). The maximum absolute atomic E-state index is 13.6. The van der Waals surface area contributed by atoms with Crippen molar-refractivity contribution in [3.63, 3.8) is 0 Å². The molecule has 0 fully saturated rings. The lowest BCUT2D eigenvalue weighted by atomic mass is 10.1. The number of carbonyl (C=O) groups excluding carboxylic acids is 3. The highest BCUT2D eigenvalue weighted by molar-refractivity contribution is 8.00. The van der Waals surface area contributed by atoms with Crippen molar-refractivity contribution in [3.8, 4) is 17.2 Å². The largest absolute Gasteiger partial charge is 0.508 e. The second-order valence-electron chi connectivity index (χ2n) is 9.63. The highest BCUT2D eigenvalue weighted by Crippen LogP contribution is 2.32. The van der Waals surface area contributed by atoms with Crippen molar-refractivity contribution in [2.24, 2.45) is 0 Å². The predicted molar refractivity (Wildman–Crippen MR) is 178 cm³/mol. The molecular weight excluding hydrogens is 614 g/mol. The Morgan fingerprint density at radius 1 is 0.889 bits per heavy atom. The van der Waals surface area contributed by atoms with Crippen LogP contribution in [0.4, 0.5) is 11.4 Å². The second kappa shape index (κ2) is 15.7. The second-order valence-corrected chi connectivity index (χ2v) is 11.3. The Hall–Kier alpha value is -4.93. The molecule has 0 aliphatic rings. The zero-order valence-electron chi connectivity index (χ0n) is 24.8. The maximum atomic E-state index is 13.6. The number of carbonyl (C=O) groups is 3. The first-order chi connectivity index (χ1) is 21.7. The van der Waals surface area contributed by atoms with Crippen LogP contribution in [0.1, 0.15) is 29.3 Å². The SMILES string of the molecule is CCC(Sc1cccc(NC(=O)/C(=C\c2ccc(O)cc2OC)NC(=O)c2ccccc2)c1)C(=O)Nc1cc(Cl)ccc1OC. The van der Waals surface area contributed by atoms with E-state index in [4.69, 9.17) is 21.1 Å². The van der Waals surface area contributed by atoms with Crippen LogP contribution < -0.4 is 25.4 Å². The van der Waals surface area contributed by atoms with Crippen molar-refractivity contribution in [2.75, 3.05) is 24.9 Å². The van der Waals surface area contributed by atoms with E-state index in [0.717, 1.165) is 4.90 Å². The first-order valence-electron chi connectivity index (χ1n) is 13.9. The quantitative estimate of drug-likeness (QED) is 0.0967. The minimum absolute atomic E-state index is 0.0107. The molecule has 45 heavy (non-hydrogen) atoms. The van der Waals surface area contributed by atoms with Crippen LogP contribution >= 0.6 is 23.4 Å². The number of rotatable bonds is 12. The van der Waals surface area contributed by atoms with Crippen LogP contribution in [0, 0.1) is 0 Å². The minimum atomic E-state index is -0.589. The molecule has 4 N–H and O–H groups in total. The molecule has 1 atom stereocenters. The summed E-state index contributed by atoms with van der Waals surface area (Å²) in [7, 11) is 2.95. The van der Waals surface area contributed by atoms with Crippen molar-refractivity contribution in [1.29, 1.82) is 0 Å². The first kappa shape index (κ1) is 33.0. The van der Waals surface area contributed by atoms with Crippen LogP contribution in [-0.2, 0) is 9.59 Å². The Labute approximate surface area is 270 Å². The molecule has 0 saturated carbocycles. The summed E-state index contributed by atoms with van der Waals surface area (Å²) in [4.78, 5) is 40.5. The fourth-order valence-electron chi connectivity index (χ4n) is 4.24. The van der Waals surface area contributed by atoms with Gasteiger partial charge in [0.1, 0.15) is 22.9 Å². The van der Waals surface area contributed by atoms with Crippen LogP contribution in [0.15, 0.2) is 102 Å². The zero-order valence-corrected chi connectivity index (χ0v) is 26.4. The molecule has 3 amide bonds. The third kappa shape index (κ3) is 9.04. The predicted octanol–water partition coefficient (Wildman–Crippen LogP) is 6.98. The number of thioether (sulfide) groups is 1. The van der Waals surface area contributed by atoms with E-state index in [-0.39, 0.29) is 17.4 Å². The van der Waals surface area contributed by atoms with Gasteiger partial charge in [0, 0.05) is 32.8 Å². The summed E-state index contributed by atoms with van der Waals surface area (Å²) in [6.07, 6.45) is 2.00. The number of halogens is 1. The summed E-state index contributed by atoms with van der Waals surface area (Å²) < 4.78 is 10.7. The molecule has 4 aromatic rings. The lowest BCUT2D eigenvalue weighted by Crippen LogP contribution is -2.30. The van der Waals surface area contributed by atoms with Gasteiger partial charge in [-0.3, -0.25) is 14.4 Å². The monoisotopic (exact) mass is 645 g/mol. The summed E-state index contributed by atoms with van der Waals surface area (Å²) >= 11 is 7.46. The number of ether oxygens (including phenoxy) is 2. The lowest BCUT2D eigenvalue weighted by molar-refractivity contribution is -0.116. The molecule has 0 saturated heterocycles. The highest BCUT2D eigenvalue weighted by atomic mass is 35.5. The Morgan fingerprint density at radius 3 is 2.36 bits per heavy atom. The Balaban J connectivity index is 1.54. The molecule has 0 aromatic heterocycles. The van der Waals surface area contributed by atoms with Crippen molar-refractivity contribution in [2.45, 2.75) is 23.5 Å². The van der Waals surface area contributed by atoms with E-state index in [0.29, 0.717) is 45.4 Å². The van der Waals surface area contributed by atoms with Gasteiger partial charge in [-0.15, -0.1) is 11.8 Å². The van der Waals surface area contributed by atoms with E-state index < -0.39 is 17.1 Å². The molecular formula is C34H32ClN3O6S. The van der Waals surface area contributed by atoms with Crippen LogP contribution in [-0.4, -0.2) is 42.3 Å². The highest BCUT2D eigenvalue weighted by Gasteiger charge is 2.21. The Bertz CT molecular complexity index is 1710. The van der Waals surface area contributed by atoms with Gasteiger partial charge in [0.25, 0.3) is 11.8 Å². The van der Waals surface area contributed by atoms with Crippen molar-refractivity contribution in [1.82, 2.24) is 5.32 Å². The van der Waals surface area contributed by atoms with Crippen LogP contribution in [0.25, 0.3) is 6.08 Å². The summed E-state index contributed by atoms with van der Waals surface area (Å²) in [5.74, 6) is -0.503. The Kier molecular flexibility index (Phi) is 11.5. The third-order valence-corrected chi connectivity index (χ3v) is 8.09. The van der Waals surface area contributed by atoms with Gasteiger partial charge in [-0.1, -0.05) is 42.8 Å². The van der Waals surface area contributed by atoms with Gasteiger partial charge in [-0.25, -0.2) is 0 Å². The van der Waals surface area contributed by atoms with Gasteiger partial charge < -0.3 is 30.5 Å². The number of phenols is 1. The third-order valence-electron chi connectivity index (χ3n) is 6.50. The van der Waals surface area contributed by atoms with Gasteiger partial charge in [-0.2, -0.15) is 0 Å².